The van der Waals surface area contributed by atoms with E-state index in [0.717, 1.165) is 6.07 Å². The molecule has 0 spiro atoms. The summed E-state index contributed by atoms with van der Waals surface area (Å²) in [6.45, 7) is 3.10. The molecule has 4 atom stereocenters. The monoisotopic (exact) mass is 565 g/mol. The largest absolute Gasteiger partial charge is 0.439 e. The lowest BCUT2D eigenvalue weighted by atomic mass is 9.95. The van der Waals surface area contributed by atoms with Gasteiger partial charge in [-0.3, -0.25) is 9.59 Å². The molecule has 39 heavy (non-hydrogen) atoms. The molecule has 0 aliphatic carbocycles. The Morgan fingerprint density at radius 3 is 2.46 bits per heavy atom. The molecule has 0 radical (unpaired) electrons. The number of amides is 3. The van der Waals surface area contributed by atoms with Crippen LogP contribution < -0.4 is 16.0 Å². The highest BCUT2D eigenvalue weighted by molar-refractivity contribution is 6.30. The van der Waals surface area contributed by atoms with Crippen molar-refractivity contribution >= 4 is 29.5 Å². The van der Waals surface area contributed by atoms with Gasteiger partial charge in [-0.25, -0.2) is 4.79 Å². The summed E-state index contributed by atoms with van der Waals surface area (Å²) in [6.07, 6.45) is -2.19. The van der Waals surface area contributed by atoms with Crippen molar-refractivity contribution < 1.29 is 33.0 Å². The highest BCUT2D eigenvalue weighted by Gasteiger charge is 2.46. The van der Waals surface area contributed by atoms with Gasteiger partial charge in [-0.1, -0.05) is 67.9 Å². The molecule has 2 aromatic carbocycles. The van der Waals surface area contributed by atoms with E-state index in [1.165, 1.54) is 32.0 Å². The summed E-state index contributed by atoms with van der Waals surface area (Å²) < 4.78 is 36.0. The van der Waals surface area contributed by atoms with E-state index in [-0.39, 0.29) is 29.7 Å². The predicted molar refractivity (Wildman–Crippen MR) is 142 cm³/mol. The average molecular weight is 566 g/mol. The molecule has 2 aromatic rings. The Balaban J connectivity index is 1.75. The molecule has 1 fully saturated rings. The minimum absolute atomic E-state index is 0.0425. The van der Waals surface area contributed by atoms with E-state index in [4.69, 9.17) is 16.3 Å². The van der Waals surface area contributed by atoms with Gasteiger partial charge in [-0.2, -0.15) is 8.78 Å². The second-order valence-corrected chi connectivity index (χ2v) is 10.4. The fraction of sp³-hybridized carbons (Fsp3) is 0.464. The zero-order valence-corrected chi connectivity index (χ0v) is 22.6. The summed E-state index contributed by atoms with van der Waals surface area (Å²) in [5, 5.41) is 17.8. The van der Waals surface area contributed by atoms with Crippen LogP contribution in [0.15, 0.2) is 54.6 Å². The highest BCUT2D eigenvalue weighted by Crippen LogP contribution is 2.38. The maximum Gasteiger partial charge on any atom is 0.408 e. The van der Waals surface area contributed by atoms with E-state index in [9.17, 15) is 19.5 Å². The molecule has 4 N–H and O–H groups in total. The Bertz CT molecular complexity index is 1140. The summed E-state index contributed by atoms with van der Waals surface area (Å²) in [4.78, 5) is 38.1. The van der Waals surface area contributed by atoms with Gasteiger partial charge in [0.15, 0.2) is 6.10 Å². The number of ether oxygens (including phenoxy) is 1. The van der Waals surface area contributed by atoms with Crippen molar-refractivity contribution in [1.29, 1.82) is 0 Å². The van der Waals surface area contributed by atoms with Crippen LogP contribution in [0.3, 0.4) is 0 Å². The first-order valence-corrected chi connectivity index (χ1v) is 13.2. The standard InChI is InChI=1S/C28H34ClF2N3O5/c1-17(2)24(28(30,31)20-9-6-10-21(29)15-20)39-27(38)34-23(13-18-7-4-3-5-8-18)26(37)33-22(16-35)14-19-11-12-32-25(19)36/h3-10,15,17,19,22-24,35H,11-14,16H2,1-2H3,(H,32,36)(H,33,37)(H,34,38)/t19-,22-,23-,24?/m0/s1. The van der Waals surface area contributed by atoms with Crippen LogP contribution in [0, 0.1) is 11.8 Å². The van der Waals surface area contributed by atoms with Gasteiger partial charge in [0.05, 0.1) is 12.6 Å². The molecule has 1 heterocycles. The quantitative estimate of drug-likeness (QED) is 0.312. The third-order valence-corrected chi connectivity index (χ3v) is 6.83. The number of alkyl halides is 2. The lowest BCUT2D eigenvalue weighted by Gasteiger charge is -2.31. The van der Waals surface area contributed by atoms with Crippen LogP contribution in [0.25, 0.3) is 0 Å². The zero-order chi connectivity index (χ0) is 28.6. The van der Waals surface area contributed by atoms with Gasteiger partial charge in [0.1, 0.15) is 6.04 Å². The minimum Gasteiger partial charge on any atom is -0.439 e. The molecule has 0 aromatic heterocycles. The highest BCUT2D eigenvalue weighted by atomic mass is 35.5. The number of alkyl carbamates (subject to hydrolysis) is 1. The van der Waals surface area contributed by atoms with E-state index in [2.05, 4.69) is 16.0 Å². The molecule has 0 saturated carbocycles. The predicted octanol–water partition coefficient (Wildman–Crippen LogP) is 3.80. The molecular weight excluding hydrogens is 532 g/mol. The van der Waals surface area contributed by atoms with E-state index in [1.54, 1.807) is 30.3 Å². The normalized spacial score (nSPS) is 17.7. The molecule has 8 nitrogen and oxygen atoms in total. The molecule has 1 aliphatic rings. The third kappa shape index (κ3) is 8.37. The Hall–Kier alpha value is -3.24. The maximum atomic E-state index is 15.4. The van der Waals surface area contributed by atoms with Crippen LogP contribution in [0.5, 0.6) is 0 Å². The average Bonchev–Trinajstić information content (AvgIpc) is 3.30. The van der Waals surface area contributed by atoms with Gasteiger partial charge >= 0.3 is 12.0 Å². The summed E-state index contributed by atoms with van der Waals surface area (Å²) in [7, 11) is 0. The Morgan fingerprint density at radius 2 is 1.87 bits per heavy atom. The number of aliphatic hydroxyl groups excluding tert-OH is 1. The SMILES string of the molecule is CC(C)C(OC(=O)N[C@@H](Cc1ccccc1)C(=O)N[C@H](CO)C[C@@H]1CCNC1=O)C(F)(F)c1cccc(Cl)c1. The maximum absolute atomic E-state index is 15.4. The summed E-state index contributed by atoms with van der Waals surface area (Å²) >= 11 is 5.90. The van der Waals surface area contributed by atoms with Gasteiger partial charge in [0.2, 0.25) is 11.8 Å². The number of nitrogens with one attached hydrogen (secondary N) is 3. The van der Waals surface area contributed by atoms with E-state index in [1.807, 2.05) is 0 Å². The van der Waals surface area contributed by atoms with Crippen molar-refractivity contribution in [3.8, 4) is 0 Å². The summed E-state index contributed by atoms with van der Waals surface area (Å²) in [5.74, 6) is -5.48. The minimum atomic E-state index is -3.56. The van der Waals surface area contributed by atoms with Crippen LogP contribution in [0.2, 0.25) is 5.02 Å². The number of rotatable bonds is 12. The van der Waals surface area contributed by atoms with Crippen molar-refractivity contribution in [3.63, 3.8) is 0 Å². The molecule has 1 unspecified atom stereocenters. The van der Waals surface area contributed by atoms with Crippen LogP contribution >= 0.6 is 11.6 Å². The van der Waals surface area contributed by atoms with Crippen LogP contribution in [-0.2, 0) is 26.7 Å². The van der Waals surface area contributed by atoms with Crippen LogP contribution in [0.4, 0.5) is 13.6 Å². The molecule has 1 aliphatic heterocycles. The first-order chi connectivity index (χ1) is 18.5. The van der Waals surface area contributed by atoms with E-state index >= 15 is 8.78 Å². The van der Waals surface area contributed by atoms with E-state index in [0.29, 0.717) is 18.5 Å². The first-order valence-electron chi connectivity index (χ1n) is 12.8. The second kappa shape index (κ2) is 13.7. The van der Waals surface area contributed by atoms with Gasteiger partial charge in [-0.15, -0.1) is 0 Å². The number of hydrogen-bond donors (Lipinski definition) is 4. The van der Waals surface area contributed by atoms with Crippen molar-refractivity contribution in [3.05, 3.63) is 70.7 Å². The van der Waals surface area contributed by atoms with Crippen molar-refractivity contribution in [1.82, 2.24) is 16.0 Å². The van der Waals surface area contributed by atoms with Crippen molar-refractivity contribution in [2.75, 3.05) is 13.2 Å². The molecule has 3 rings (SSSR count). The number of hydrogen-bond acceptors (Lipinski definition) is 5. The number of halogens is 3. The molecule has 212 valence electrons. The van der Waals surface area contributed by atoms with Crippen LogP contribution in [0.1, 0.15) is 37.8 Å². The summed E-state index contributed by atoms with van der Waals surface area (Å²) in [6, 6.07) is 12.1. The number of carbonyl (C=O) groups is 3. The van der Waals surface area contributed by atoms with Gasteiger partial charge in [-0.05, 0) is 36.5 Å². The number of carbonyl (C=O) groups excluding carboxylic acids is 3. The number of aliphatic hydroxyl groups is 1. The van der Waals surface area contributed by atoms with Gasteiger partial charge in [0.25, 0.3) is 0 Å². The molecule has 0 bridgehead atoms. The van der Waals surface area contributed by atoms with Gasteiger partial charge in [0, 0.05) is 29.5 Å². The first kappa shape index (κ1) is 30.3. The molecule has 11 heteroatoms. The fourth-order valence-corrected chi connectivity index (χ4v) is 4.72. The van der Waals surface area contributed by atoms with Crippen molar-refractivity contribution in [2.24, 2.45) is 11.8 Å². The fourth-order valence-electron chi connectivity index (χ4n) is 4.53. The van der Waals surface area contributed by atoms with Crippen molar-refractivity contribution in [2.45, 2.75) is 57.2 Å². The lowest BCUT2D eigenvalue weighted by molar-refractivity contribution is -0.136. The zero-order valence-electron chi connectivity index (χ0n) is 21.8. The third-order valence-electron chi connectivity index (χ3n) is 6.60. The topological polar surface area (TPSA) is 117 Å². The van der Waals surface area contributed by atoms with E-state index < -0.39 is 54.2 Å². The smallest absolute Gasteiger partial charge is 0.408 e. The molecule has 1 saturated heterocycles. The Labute approximate surface area is 231 Å². The Kier molecular flexibility index (Phi) is 10.7. The molecule has 3 amide bonds. The lowest BCUT2D eigenvalue weighted by Crippen LogP contribution is -2.53. The number of benzene rings is 2. The summed E-state index contributed by atoms with van der Waals surface area (Å²) in [5.41, 5.74) is 0.306. The van der Waals surface area contributed by atoms with Gasteiger partial charge < -0.3 is 25.8 Å². The second-order valence-electron chi connectivity index (χ2n) is 9.99. The Morgan fingerprint density at radius 1 is 1.15 bits per heavy atom. The van der Waals surface area contributed by atoms with Crippen LogP contribution in [-0.4, -0.2) is 54.4 Å². The molecular formula is C28H34ClF2N3O5.